The summed E-state index contributed by atoms with van der Waals surface area (Å²) in [5.41, 5.74) is 0. The third kappa shape index (κ3) is 18.8. The highest BCUT2D eigenvalue weighted by atomic mass is 28.4. The van der Waals surface area contributed by atoms with Crippen molar-refractivity contribution in [2.24, 2.45) is 0 Å². The van der Waals surface area contributed by atoms with Crippen molar-refractivity contribution in [2.45, 2.75) is 85.0 Å². The van der Waals surface area contributed by atoms with Crippen LogP contribution in [0.15, 0.2) is 0 Å². The van der Waals surface area contributed by atoms with Gasteiger partial charge < -0.3 is 32.1 Å². The van der Waals surface area contributed by atoms with E-state index < -0.39 is 32.9 Å². The zero-order valence-corrected chi connectivity index (χ0v) is 30.1. The Balaban J connectivity index is 3.54. The lowest BCUT2D eigenvalue weighted by atomic mass is 10.5. The van der Waals surface area contributed by atoms with E-state index in [0.29, 0.717) is 52.9 Å². The molecular weight excluding hydrogens is 521 g/mol. The minimum absolute atomic E-state index is 0.587. The number of rotatable bonds is 23. The van der Waals surface area contributed by atoms with Gasteiger partial charge in [0.15, 0.2) is 0 Å². The smallest absolute Gasteiger partial charge is 0.112 e. The van der Waals surface area contributed by atoms with Crippen LogP contribution in [0, 0.1) is 0 Å². The van der Waals surface area contributed by atoms with Gasteiger partial charge in [-0.3, -0.25) is 0 Å². The second kappa shape index (κ2) is 18.0. The average Bonchev–Trinajstić information content (AvgIpc) is 2.68. The molecule has 0 fully saturated rings. The van der Waals surface area contributed by atoms with Gasteiger partial charge in [-0.25, -0.2) is 0 Å². The molecule has 36 heavy (non-hydrogen) atoms. The molecule has 0 rings (SSSR count). The van der Waals surface area contributed by atoms with Crippen molar-refractivity contribution >= 4 is 32.9 Å². The molecule has 0 saturated heterocycles. The minimum Gasteiger partial charge on any atom is -0.379 e. The zero-order valence-electron chi connectivity index (χ0n) is 26.1. The van der Waals surface area contributed by atoms with Gasteiger partial charge in [-0.2, -0.15) is 0 Å². The Bertz CT molecular complexity index is 471. The number of ether oxygens (including phenoxy) is 5. The minimum atomic E-state index is -1.30. The van der Waals surface area contributed by atoms with Gasteiger partial charge in [-0.1, -0.05) is 78.6 Å². The van der Waals surface area contributed by atoms with Crippen LogP contribution >= 0.6 is 0 Å². The Morgan fingerprint density at radius 3 is 0.889 bits per heavy atom. The molecule has 0 spiro atoms. The molecule has 218 valence electrons. The second-order valence-electron chi connectivity index (χ2n) is 13.4. The van der Waals surface area contributed by atoms with E-state index in [2.05, 4.69) is 87.0 Å². The van der Waals surface area contributed by atoms with E-state index >= 15 is 0 Å². The lowest BCUT2D eigenvalue weighted by Gasteiger charge is -2.43. The van der Waals surface area contributed by atoms with Crippen LogP contribution in [-0.4, -0.2) is 121 Å². The van der Waals surface area contributed by atoms with Gasteiger partial charge in [0.05, 0.1) is 59.5 Å². The highest BCUT2D eigenvalue weighted by Crippen LogP contribution is 2.20. The third-order valence-corrected chi connectivity index (χ3v) is 21.3. The van der Waals surface area contributed by atoms with Crippen LogP contribution in [0.25, 0.3) is 0 Å². The molecule has 0 bridgehead atoms. The molecule has 0 aliphatic carbocycles. The van der Waals surface area contributed by atoms with Crippen LogP contribution < -0.4 is 0 Å². The van der Waals surface area contributed by atoms with Gasteiger partial charge in [-0.05, 0) is 13.0 Å². The summed E-state index contributed by atoms with van der Waals surface area (Å²) in [5, 5.41) is 0. The lowest BCUT2D eigenvalue weighted by Crippen LogP contribution is -2.59. The van der Waals surface area contributed by atoms with Gasteiger partial charge in [-0.15, -0.1) is 0 Å². The second-order valence-corrected chi connectivity index (χ2v) is 33.8. The molecule has 0 unspecified atom stereocenters. The molecular formula is C25H62N2O5Si4. The maximum atomic E-state index is 5.81. The Morgan fingerprint density at radius 2 is 0.583 bits per heavy atom. The van der Waals surface area contributed by atoms with E-state index in [1.54, 1.807) is 0 Å². The summed E-state index contributed by atoms with van der Waals surface area (Å²) >= 11 is 0. The maximum absolute atomic E-state index is 5.81. The Labute approximate surface area is 228 Å². The average molecular weight is 583 g/mol. The van der Waals surface area contributed by atoms with Crippen molar-refractivity contribution in [3.63, 3.8) is 0 Å². The van der Waals surface area contributed by atoms with Crippen LogP contribution in [0.2, 0.25) is 78.6 Å². The molecule has 11 heteroatoms. The number of hydrogen-bond donors (Lipinski definition) is 0. The first-order valence-corrected chi connectivity index (χ1v) is 27.7. The fraction of sp³-hybridized carbons (Fsp3) is 1.00. The molecule has 0 saturated carbocycles. The summed E-state index contributed by atoms with van der Waals surface area (Å²) in [5.74, 6) is 0. The molecule has 0 atom stereocenters. The molecule has 0 radical (unpaired) electrons. The fourth-order valence-corrected chi connectivity index (χ4v) is 24.1. The van der Waals surface area contributed by atoms with E-state index in [1.165, 1.54) is 0 Å². The van der Waals surface area contributed by atoms with E-state index in [9.17, 15) is 0 Å². The quantitative estimate of drug-likeness (QED) is 0.118. The maximum Gasteiger partial charge on any atom is 0.112 e. The normalized spacial score (nSPS) is 13.8. The highest BCUT2D eigenvalue weighted by Gasteiger charge is 2.34. The van der Waals surface area contributed by atoms with Crippen molar-refractivity contribution in [1.29, 1.82) is 0 Å². The third-order valence-electron chi connectivity index (χ3n) is 5.86. The van der Waals surface area contributed by atoms with Gasteiger partial charge in [0.1, 0.15) is 32.9 Å². The number of nitrogens with zero attached hydrogens (tertiary/aromatic N) is 2. The molecule has 0 aliphatic heterocycles. The standard InChI is InChI=1S/C25H62N2O5Si4/c1-33(2,3)26(34(4,5)6)14-13-16-28-18-20-30-22-24-32-25-23-31-21-19-29-17-15-27(35(7,8)9)36(10,11)12/h13-25H2,1-12H3. The van der Waals surface area contributed by atoms with Gasteiger partial charge in [0.2, 0.25) is 0 Å². The summed E-state index contributed by atoms with van der Waals surface area (Å²) in [6, 6.07) is 0. The molecule has 0 aromatic heterocycles. The lowest BCUT2D eigenvalue weighted by molar-refractivity contribution is -0.0112. The summed E-state index contributed by atoms with van der Waals surface area (Å²) in [6.07, 6.45) is 1.10. The molecule has 0 aliphatic rings. The molecule has 0 amide bonds. The first-order chi connectivity index (χ1) is 16.5. The van der Waals surface area contributed by atoms with Crippen LogP contribution in [0.5, 0.6) is 0 Å². The zero-order chi connectivity index (χ0) is 27.9. The molecule has 0 heterocycles. The summed E-state index contributed by atoms with van der Waals surface area (Å²) in [6.45, 7) is 37.9. The number of hydrogen-bond acceptors (Lipinski definition) is 7. The Morgan fingerprint density at radius 1 is 0.333 bits per heavy atom. The summed E-state index contributed by atoms with van der Waals surface area (Å²) in [7, 11) is -5.12. The Kier molecular flexibility index (Phi) is 18.3. The van der Waals surface area contributed by atoms with Crippen LogP contribution in [0.3, 0.4) is 0 Å². The fourth-order valence-electron chi connectivity index (χ4n) is 4.82. The van der Waals surface area contributed by atoms with E-state index in [0.717, 1.165) is 32.7 Å². The first-order valence-electron chi connectivity index (χ1n) is 13.9. The van der Waals surface area contributed by atoms with Crippen molar-refractivity contribution in [3.8, 4) is 0 Å². The van der Waals surface area contributed by atoms with Crippen molar-refractivity contribution in [2.75, 3.05) is 79.2 Å². The van der Waals surface area contributed by atoms with Crippen molar-refractivity contribution < 1.29 is 23.7 Å². The predicted octanol–water partition coefficient (Wildman–Crippen LogP) is 5.40. The topological polar surface area (TPSA) is 52.6 Å². The van der Waals surface area contributed by atoms with Gasteiger partial charge >= 0.3 is 0 Å². The van der Waals surface area contributed by atoms with Crippen LogP contribution in [-0.2, 0) is 23.7 Å². The van der Waals surface area contributed by atoms with Crippen LogP contribution in [0.4, 0.5) is 0 Å². The highest BCUT2D eigenvalue weighted by molar-refractivity contribution is 6.90. The molecule has 0 N–H and O–H groups in total. The summed E-state index contributed by atoms with van der Waals surface area (Å²) in [4.78, 5) is 0. The van der Waals surface area contributed by atoms with Gasteiger partial charge in [0.25, 0.3) is 0 Å². The van der Waals surface area contributed by atoms with E-state index in [1.807, 2.05) is 0 Å². The predicted molar refractivity (Wildman–Crippen MR) is 166 cm³/mol. The molecule has 0 aromatic rings. The van der Waals surface area contributed by atoms with Crippen molar-refractivity contribution in [3.05, 3.63) is 0 Å². The first kappa shape index (κ1) is 36.6. The van der Waals surface area contributed by atoms with E-state index in [-0.39, 0.29) is 0 Å². The largest absolute Gasteiger partial charge is 0.379 e. The monoisotopic (exact) mass is 582 g/mol. The molecule has 0 aromatic carbocycles. The summed E-state index contributed by atoms with van der Waals surface area (Å²) < 4.78 is 33.9. The SMILES string of the molecule is C[Si](C)(C)N(CCCOCCOCCOCCOCCOCCN([Si](C)(C)C)[Si](C)(C)C)[Si](C)(C)C. The van der Waals surface area contributed by atoms with Crippen LogP contribution in [0.1, 0.15) is 6.42 Å². The van der Waals surface area contributed by atoms with Crippen molar-refractivity contribution in [1.82, 2.24) is 8.46 Å². The molecule has 7 nitrogen and oxygen atoms in total. The van der Waals surface area contributed by atoms with Gasteiger partial charge in [0, 0.05) is 13.2 Å². The van der Waals surface area contributed by atoms with E-state index in [4.69, 9.17) is 23.7 Å². The Hall–Kier alpha value is 0.588.